The van der Waals surface area contributed by atoms with Gasteiger partial charge >= 0.3 is 0 Å². The SMILES string of the molecule is Cc1ccccc1C(CN)N1CC2CCC(O)C2C1. The minimum Gasteiger partial charge on any atom is -0.393 e. The van der Waals surface area contributed by atoms with Gasteiger partial charge in [-0.2, -0.15) is 0 Å². The van der Waals surface area contributed by atoms with E-state index in [-0.39, 0.29) is 6.10 Å². The number of likely N-dealkylation sites (tertiary alicyclic amines) is 1. The Morgan fingerprint density at radius 3 is 2.79 bits per heavy atom. The van der Waals surface area contributed by atoms with Crippen LogP contribution in [-0.2, 0) is 0 Å². The molecule has 19 heavy (non-hydrogen) atoms. The monoisotopic (exact) mass is 260 g/mol. The number of nitrogens with two attached hydrogens (primary N) is 1. The highest BCUT2D eigenvalue weighted by atomic mass is 16.3. The second-order valence-corrected chi connectivity index (χ2v) is 6.13. The van der Waals surface area contributed by atoms with Crippen LogP contribution >= 0.6 is 0 Å². The minimum absolute atomic E-state index is 0.0923. The van der Waals surface area contributed by atoms with E-state index < -0.39 is 0 Å². The van der Waals surface area contributed by atoms with Gasteiger partial charge in [0, 0.05) is 31.6 Å². The van der Waals surface area contributed by atoms with Gasteiger partial charge in [0.2, 0.25) is 0 Å². The Bertz CT molecular complexity index is 448. The molecule has 0 amide bonds. The first-order chi connectivity index (χ1) is 9.20. The summed E-state index contributed by atoms with van der Waals surface area (Å²) in [5.74, 6) is 1.14. The molecule has 1 aliphatic heterocycles. The molecule has 3 nitrogen and oxygen atoms in total. The minimum atomic E-state index is -0.0923. The van der Waals surface area contributed by atoms with E-state index in [0.29, 0.717) is 24.4 Å². The topological polar surface area (TPSA) is 49.5 Å². The van der Waals surface area contributed by atoms with Crippen molar-refractivity contribution in [2.75, 3.05) is 19.6 Å². The molecule has 1 heterocycles. The predicted molar refractivity (Wildman–Crippen MR) is 76.8 cm³/mol. The fourth-order valence-electron chi connectivity index (χ4n) is 3.96. The molecule has 2 aliphatic rings. The molecule has 1 aliphatic carbocycles. The third kappa shape index (κ3) is 2.31. The van der Waals surface area contributed by atoms with Crippen LogP contribution in [0, 0.1) is 18.8 Å². The van der Waals surface area contributed by atoms with Crippen molar-refractivity contribution in [3.05, 3.63) is 35.4 Å². The lowest BCUT2D eigenvalue weighted by atomic mass is 9.99. The number of benzene rings is 1. The quantitative estimate of drug-likeness (QED) is 0.869. The van der Waals surface area contributed by atoms with Crippen molar-refractivity contribution < 1.29 is 5.11 Å². The molecule has 0 bridgehead atoms. The van der Waals surface area contributed by atoms with Crippen molar-refractivity contribution in [3.63, 3.8) is 0 Å². The lowest BCUT2D eigenvalue weighted by Crippen LogP contribution is -2.34. The summed E-state index contributed by atoms with van der Waals surface area (Å²) in [5, 5.41) is 10.0. The average molecular weight is 260 g/mol. The van der Waals surface area contributed by atoms with E-state index in [4.69, 9.17) is 5.73 Å². The van der Waals surface area contributed by atoms with Gasteiger partial charge in [0.15, 0.2) is 0 Å². The van der Waals surface area contributed by atoms with Crippen LogP contribution in [0.1, 0.15) is 30.0 Å². The highest BCUT2D eigenvalue weighted by Gasteiger charge is 2.43. The van der Waals surface area contributed by atoms with E-state index in [9.17, 15) is 5.11 Å². The lowest BCUT2D eigenvalue weighted by Gasteiger charge is -2.29. The Labute approximate surface area is 115 Å². The summed E-state index contributed by atoms with van der Waals surface area (Å²) in [5.41, 5.74) is 8.70. The zero-order valence-electron chi connectivity index (χ0n) is 11.6. The Morgan fingerprint density at radius 2 is 2.11 bits per heavy atom. The summed E-state index contributed by atoms with van der Waals surface area (Å²) in [6.45, 7) is 4.91. The van der Waals surface area contributed by atoms with E-state index in [2.05, 4.69) is 36.1 Å². The first-order valence-corrected chi connectivity index (χ1v) is 7.38. The average Bonchev–Trinajstić information content (AvgIpc) is 2.96. The van der Waals surface area contributed by atoms with Gasteiger partial charge in [-0.05, 0) is 36.8 Å². The van der Waals surface area contributed by atoms with Crippen LogP contribution in [0.5, 0.6) is 0 Å². The number of aliphatic hydroxyl groups is 1. The number of fused-ring (bicyclic) bond motifs is 1. The summed E-state index contributed by atoms with van der Waals surface area (Å²) in [4.78, 5) is 2.49. The number of hydrogen-bond donors (Lipinski definition) is 2. The molecule has 4 atom stereocenters. The van der Waals surface area contributed by atoms with Crippen LogP contribution in [0.2, 0.25) is 0 Å². The third-order valence-electron chi connectivity index (χ3n) is 5.06. The fraction of sp³-hybridized carbons (Fsp3) is 0.625. The maximum absolute atomic E-state index is 10.0. The van der Waals surface area contributed by atoms with Gasteiger partial charge in [0.05, 0.1) is 6.10 Å². The number of nitrogens with zero attached hydrogens (tertiary/aromatic N) is 1. The van der Waals surface area contributed by atoms with Crippen LogP contribution in [0.25, 0.3) is 0 Å². The molecule has 1 saturated heterocycles. The molecule has 4 unspecified atom stereocenters. The summed E-state index contributed by atoms with van der Waals surface area (Å²) in [6.07, 6.45) is 2.07. The van der Waals surface area contributed by atoms with E-state index in [1.54, 1.807) is 0 Å². The standard InChI is InChI=1S/C16H24N2O/c1-11-4-2-3-5-13(11)15(8-17)18-9-12-6-7-16(19)14(12)10-18/h2-5,12,14-16,19H,6-10,17H2,1H3. The molecule has 1 aromatic rings. The Kier molecular flexibility index (Phi) is 3.61. The summed E-state index contributed by atoms with van der Waals surface area (Å²) < 4.78 is 0. The van der Waals surface area contributed by atoms with Crippen LogP contribution in [0.15, 0.2) is 24.3 Å². The Balaban J connectivity index is 1.79. The number of hydrogen-bond acceptors (Lipinski definition) is 3. The predicted octanol–water partition coefficient (Wildman–Crippen LogP) is 1.70. The van der Waals surface area contributed by atoms with E-state index in [1.807, 2.05) is 0 Å². The van der Waals surface area contributed by atoms with E-state index in [0.717, 1.165) is 19.5 Å². The first-order valence-electron chi connectivity index (χ1n) is 7.38. The smallest absolute Gasteiger partial charge is 0.0583 e. The van der Waals surface area contributed by atoms with Crippen LogP contribution in [-0.4, -0.2) is 35.7 Å². The molecule has 0 aromatic heterocycles. The molecule has 1 saturated carbocycles. The van der Waals surface area contributed by atoms with Gasteiger partial charge in [0.25, 0.3) is 0 Å². The second-order valence-electron chi connectivity index (χ2n) is 6.13. The second kappa shape index (κ2) is 5.23. The highest BCUT2D eigenvalue weighted by Crippen LogP contribution is 2.41. The normalized spacial score (nSPS) is 32.5. The summed E-state index contributed by atoms with van der Waals surface area (Å²) in [6, 6.07) is 8.83. The zero-order valence-corrected chi connectivity index (χ0v) is 11.6. The van der Waals surface area contributed by atoms with Crippen molar-refractivity contribution in [1.82, 2.24) is 4.90 Å². The van der Waals surface area contributed by atoms with Gasteiger partial charge in [0.1, 0.15) is 0 Å². The number of rotatable bonds is 3. The van der Waals surface area contributed by atoms with Gasteiger partial charge in [-0.1, -0.05) is 24.3 Å². The number of aliphatic hydroxyl groups excluding tert-OH is 1. The van der Waals surface area contributed by atoms with Gasteiger partial charge in [-0.3, -0.25) is 4.90 Å². The molecule has 104 valence electrons. The highest BCUT2D eigenvalue weighted by molar-refractivity contribution is 5.29. The van der Waals surface area contributed by atoms with Crippen molar-refractivity contribution in [2.45, 2.75) is 31.9 Å². The molecular weight excluding hydrogens is 236 g/mol. The van der Waals surface area contributed by atoms with Crippen molar-refractivity contribution in [1.29, 1.82) is 0 Å². The first kappa shape index (κ1) is 13.1. The maximum Gasteiger partial charge on any atom is 0.0583 e. The maximum atomic E-state index is 10.0. The third-order valence-corrected chi connectivity index (χ3v) is 5.06. The van der Waals surface area contributed by atoms with E-state index >= 15 is 0 Å². The van der Waals surface area contributed by atoms with Crippen LogP contribution in [0.3, 0.4) is 0 Å². The van der Waals surface area contributed by atoms with Crippen molar-refractivity contribution in [2.24, 2.45) is 17.6 Å². The molecule has 3 rings (SSSR count). The largest absolute Gasteiger partial charge is 0.393 e. The molecule has 3 N–H and O–H groups in total. The molecule has 3 heteroatoms. The molecular formula is C16H24N2O. The fourth-order valence-corrected chi connectivity index (χ4v) is 3.96. The summed E-state index contributed by atoms with van der Waals surface area (Å²) >= 11 is 0. The number of aryl methyl sites for hydroxylation is 1. The van der Waals surface area contributed by atoms with Crippen molar-refractivity contribution in [3.8, 4) is 0 Å². The molecule has 0 spiro atoms. The van der Waals surface area contributed by atoms with Gasteiger partial charge in [-0.15, -0.1) is 0 Å². The van der Waals surface area contributed by atoms with Crippen LogP contribution < -0.4 is 5.73 Å². The van der Waals surface area contributed by atoms with Crippen molar-refractivity contribution >= 4 is 0 Å². The molecule has 2 fully saturated rings. The van der Waals surface area contributed by atoms with Gasteiger partial charge < -0.3 is 10.8 Å². The Hall–Kier alpha value is -0.900. The summed E-state index contributed by atoms with van der Waals surface area (Å²) in [7, 11) is 0. The Morgan fingerprint density at radius 1 is 1.32 bits per heavy atom. The molecule has 1 aromatic carbocycles. The lowest BCUT2D eigenvalue weighted by molar-refractivity contribution is 0.118. The van der Waals surface area contributed by atoms with Gasteiger partial charge in [-0.25, -0.2) is 0 Å². The van der Waals surface area contributed by atoms with E-state index in [1.165, 1.54) is 17.5 Å². The van der Waals surface area contributed by atoms with Crippen LogP contribution in [0.4, 0.5) is 0 Å². The molecule has 0 radical (unpaired) electrons. The zero-order chi connectivity index (χ0) is 13.4.